The highest BCUT2D eigenvalue weighted by Gasteiger charge is 2.30. The number of halogens is 1. The fraction of sp³-hybridized carbons (Fsp3) is 0.400. The fourth-order valence-corrected chi connectivity index (χ4v) is 5.09. The van der Waals surface area contributed by atoms with Crippen LogP contribution >= 0.6 is 11.6 Å². The molecule has 3 rings (SSSR count). The summed E-state index contributed by atoms with van der Waals surface area (Å²) in [5.74, 6) is -0.449. The quantitative estimate of drug-likeness (QED) is 0.293. The molecule has 174 valence electrons. The van der Waals surface area contributed by atoms with Gasteiger partial charge in [0.1, 0.15) is 0 Å². The molecule has 7 N–H and O–H groups in total. The Bertz CT molecular complexity index is 1200. The number of nitrogens with two attached hydrogens (primary N) is 2. The maximum Gasteiger partial charge on any atom is 0.255 e. The summed E-state index contributed by atoms with van der Waals surface area (Å²) < 4.78 is 26.0. The number of benzene rings is 1. The number of amides is 1. The highest BCUT2D eigenvalue weighted by Crippen LogP contribution is 2.39. The maximum absolute atomic E-state index is 12.8. The molecule has 1 amide bonds. The lowest BCUT2D eigenvalue weighted by molar-refractivity contribution is -0.117. The Labute approximate surface area is 192 Å². The second-order valence-electron chi connectivity index (χ2n) is 8.05. The third kappa shape index (κ3) is 5.00. The number of carbonyl (C=O) groups excluding carboxylic acids is 1. The predicted octanol–water partition coefficient (Wildman–Crippen LogP) is 1.23. The van der Waals surface area contributed by atoms with Crippen molar-refractivity contribution in [3.8, 4) is 0 Å². The van der Waals surface area contributed by atoms with Crippen molar-refractivity contribution in [3.05, 3.63) is 46.4 Å². The van der Waals surface area contributed by atoms with Crippen LogP contribution in [0.2, 0.25) is 5.02 Å². The van der Waals surface area contributed by atoms with E-state index in [1.54, 1.807) is 19.2 Å². The van der Waals surface area contributed by atoms with Crippen molar-refractivity contribution < 1.29 is 13.2 Å². The summed E-state index contributed by atoms with van der Waals surface area (Å²) >= 11 is 6.50. The maximum atomic E-state index is 12.8. The molecule has 1 aliphatic heterocycles. The largest absolute Gasteiger partial charge is 0.402 e. The summed E-state index contributed by atoms with van der Waals surface area (Å²) in [5, 5.41) is 11.2. The molecule has 10 nitrogen and oxygen atoms in total. The van der Waals surface area contributed by atoms with Crippen LogP contribution in [0.4, 0.5) is 5.69 Å². The average molecular weight is 482 g/mol. The SMILES string of the molecule is C=C(N)/C(C(=O)NC(C)c1cc(Cl)c2cn[nH]c2c1N1CC[C@@H](NS(C)(=O)=O)C1)=C(\C)N. The van der Waals surface area contributed by atoms with E-state index in [0.29, 0.717) is 30.0 Å². The Balaban J connectivity index is 2.00. The molecule has 1 aliphatic rings. The number of hydrogen-bond acceptors (Lipinski definition) is 7. The fourth-order valence-electron chi connectivity index (χ4n) is 4.03. The first kappa shape index (κ1) is 23.9. The zero-order chi connectivity index (χ0) is 23.8. The number of nitrogens with one attached hydrogen (secondary N) is 3. The Kier molecular flexibility index (Phi) is 6.72. The molecule has 0 bridgehead atoms. The van der Waals surface area contributed by atoms with Crippen LogP contribution in [-0.4, -0.2) is 49.9 Å². The smallest absolute Gasteiger partial charge is 0.255 e. The van der Waals surface area contributed by atoms with Crippen molar-refractivity contribution in [2.75, 3.05) is 24.2 Å². The number of anilines is 1. The second kappa shape index (κ2) is 9.00. The van der Waals surface area contributed by atoms with Crippen molar-refractivity contribution in [1.82, 2.24) is 20.2 Å². The van der Waals surface area contributed by atoms with Gasteiger partial charge >= 0.3 is 0 Å². The van der Waals surface area contributed by atoms with Gasteiger partial charge in [0, 0.05) is 41.5 Å². The number of hydrogen-bond donors (Lipinski definition) is 5. The standard InChI is InChI=1S/C20H28ClN7O3S/c1-10(22)17(11(2)23)20(29)25-12(3)14-7-16(21)15-8-24-26-18(15)19(14)28-6-5-13(9-28)27-32(4,30)31/h7-8,12-13,27H,1,5-6,9,22-23H2,2-4H3,(H,24,26)(H,25,29)/b17-11-/t12?,13-/m1/s1. The molecule has 0 saturated carbocycles. The highest BCUT2D eigenvalue weighted by molar-refractivity contribution is 7.88. The van der Waals surface area contributed by atoms with Crippen molar-refractivity contribution in [2.24, 2.45) is 11.5 Å². The van der Waals surface area contributed by atoms with Crippen LogP contribution in [-0.2, 0) is 14.8 Å². The molecule has 1 aromatic carbocycles. The van der Waals surface area contributed by atoms with Crippen LogP contribution in [0, 0.1) is 0 Å². The molecule has 2 aromatic rings. The first-order chi connectivity index (χ1) is 14.9. The Hall–Kier alpha value is -2.76. The van der Waals surface area contributed by atoms with E-state index >= 15 is 0 Å². The lowest BCUT2D eigenvalue weighted by Gasteiger charge is -2.27. The summed E-state index contributed by atoms with van der Waals surface area (Å²) in [6.45, 7) is 8.10. The van der Waals surface area contributed by atoms with E-state index in [1.807, 2.05) is 6.92 Å². The minimum atomic E-state index is -3.33. The first-order valence-corrected chi connectivity index (χ1v) is 12.3. The van der Waals surface area contributed by atoms with Crippen LogP contribution < -0.4 is 26.4 Å². The minimum Gasteiger partial charge on any atom is -0.402 e. The van der Waals surface area contributed by atoms with Gasteiger partial charge in [-0.3, -0.25) is 9.89 Å². The number of fused-ring (bicyclic) bond motifs is 1. The number of H-pyrrole nitrogens is 1. The number of aromatic amines is 1. The molecule has 1 saturated heterocycles. The van der Waals surface area contributed by atoms with Gasteiger partial charge in [0.25, 0.3) is 5.91 Å². The van der Waals surface area contributed by atoms with Crippen LogP contribution in [0.5, 0.6) is 0 Å². The van der Waals surface area contributed by atoms with E-state index in [4.69, 9.17) is 23.1 Å². The number of nitrogens with zero attached hydrogens (tertiary/aromatic N) is 2. The second-order valence-corrected chi connectivity index (χ2v) is 10.2. The highest BCUT2D eigenvalue weighted by atomic mass is 35.5. The van der Waals surface area contributed by atoms with Crippen LogP contribution in [0.1, 0.15) is 31.9 Å². The predicted molar refractivity (Wildman–Crippen MR) is 126 cm³/mol. The topological polar surface area (TPSA) is 159 Å². The van der Waals surface area contributed by atoms with Gasteiger partial charge in [0.15, 0.2) is 0 Å². The van der Waals surface area contributed by atoms with Gasteiger partial charge < -0.3 is 21.7 Å². The number of allylic oxidation sites excluding steroid dienone is 1. The summed E-state index contributed by atoms with van der Waals surface area (Å²) in [6.07, 6.45) is 3.41. The van der Waals surface area contributed by atoms with E-state index < -0.39 is 22.0 Å². The zero-order valence-electron chi connectivity index (χ0n) is 18.2. The molecular weight excluding hydrogens is 454 g/mol. The number of aromatic nitrogens is 2. The van der Waals surface area contributed by atoms with Gasteiger partial charge in [0.05, 0.1) is 40.3 Å². The van der Waals surface area contributed by atoms with Crippen molar-refractivity contribution >= 4 is 44.1 Å². The van der Waals surface area contributed by atoms with E-state index in [1.165, 1.54) is 0 Å². The molecular formula is C20H28ClN7O3S. The third-order valence-corrected chi connectivity index (χ3v) is 6.41. The van der Waals surface area contributed by atoms with Crippen molar-refractivity contribution in [2.45, 2.75) is 32.4 Å². The third-order valence-electron chi connectivity index (χ3n) is 5.33. The van der Waals surface area contributed by atoms with Gasteiger partial charge in [-0.1, -0.05) is 18.2 Å². The number of rotatable bonds is 7. The lowest BCUT2D eigenvalue weighted by atomic mass is 10.0. The average Bonchev–Trinajstić information content (AvgIpc) is 3.29. The van der Waals surface area contributed by atoms with Crippen molar-refractivity contribution in [3.63, 3.8) is 0 Å². The van der Waals surface area contributed by atoms with Gasteiger partial charge in [-0.15, -0.1) is 0 Å². The number of sulfonamides is 1. The van der Waals surface area contributed by atoms with E-state index in [2.05, 4.69) is 31.7 Å². The molecule has 1 aromatic heterocycles. The van der Waals surface area contributed by atoms with Gasteiger partial charge in [0.2, 0.25) is 10.0 Å². The Morgan fingerprint density at radius 2 is 2.12 bits per heavy atom. The summed E-state index contributed by atoms with van der Waals surface area (Å²) in [5.41, 5.74) is 14.3. The van der Waals surface area contributed by atoms with Gasteiger partial charge in [-0.05, 0) is 26.3 Å². The number of carbonyl (C=O) groups is 1. The van der Waals surface area contributed by atoms with Crippen molar-refractivity contribution in [1.29, 1.82) is 0 Å². The molecule has 2 atom stereocenters. The molecule has 12 heteroatoms. The minimum absolute atomic E-state index is 0.0752. The first-order valence-electron chi connectivity index (χ1n) is 9.98. The molecule has 0 aliphatic carbocycles. The normalized spacial score (nSPS) is 18.5. The van der Waals surface area contributed by atoms with Crippen LogP contribution in [0.15, 0.2) is 35.8 Å². The van der Waals surface area contributed by atoms with E-state index in [-0.39, 0.29) is 23.0 Å². The molecule has 32 heavy (non-hydrogen) atoms. The van der Waals surface area contributed by atoms with Crippen LogP contribution in [0.25, 0.3) is 10.9 Å². The van der Waals surface area contributed by atoms with E-state index in [0.717, 1.165) is 22.9 Å². The summed E-state index contributed by atoms with van der Waals surface area (Å²) in [4.78, 5) is 14.9. The van der Waals surface area contributed by atoms with E-state index in [9.17, 15) is 13.2 Å². The Morgan fingerprint density at radius 1 is 1.44 bits per heavy atom. The monoisotopic (exact) mass is 481 g/mol. The molecule has 0 radical (unpaired) electrons. The molecule has 1 fully saturated rings. The summed E-state index contributed by atoms with van der Waals surface area (Å²) in [7, 11) is -3.33. The summed E-state index contributed by atoms with van der Waals surface area (Å²) in [6, 6.07) is 1.08. The Morgan fingerprint density at radius 3 is 2.72 bits per heavy atom. The molecule has 2 heterocycles. The van der Waals surface area contributed by atoms with Gasteiger partial charge in [-0.2, -0.15) is 5.10 Å². The van der Waals surface area contributed by atoms with Gasteiger partial charge in [-0.25, -0.2) is 13.1 Å². The zero-order valence-corrected chi connectivity index (χ0v) is 19.8. The molecule has 1 unspecified atom stereocenters. The molecule has 0 spiro atoms. The van der Waals surface area contributed by atoms with Crippen LogP contribution in [0.3, 0.4) is 0 Å². The lowest BCUT2D eigenvalue weighted by Crippen LogP contribution is -2.37.